The van der Waals surface area contributed by atoms with Crippen molar-refractivity contribution in [3.05, 3.63) is 40.7 Å². The SMILES string of the molecule is CN(C)CC1CCN(c2ncc3c4c(c(-c5ncc(F)c6sc(N)c(C#N)c56)c(F)c3n2)COC4)C1. The van der Waals surface area contributed by atoms with Crippen molar-refractivity contribution in [1.82, 2.24) is 19.9 Å². The summed E-state index contributed by atoms with van der Waals surface area (Å²) >= 11 is 0.956. The number of benzene rings is 1. The fourth-order valence-corrected chi connectivity index (χ4v) is 6.29. The zero-order valence-electron chi connectivity index (χ0n) is 19.8. The number of nitrogens with zero attached hydrogens (tertiary/aromatic N) is 6. The normalized spacial score (nSPS) is 17.4. The van der Waals surface area contributed by atoms with E-state index in [0.29, 0.717) is 22.8 Å². The monoisotopic (exact) mass is 507 g/mol. The Labute approximate surface area is 209 Å². The van der Waals surface area contributed by atoms with Gasteiger partial charge < -0.3 is 20.3 Å². The highest BCUT2D eigenvalue weighted by Crippen LogP contribution is 2.45. The Morgan fingerprint density at radius 2 is 2.06 bits per heavy atom. The van der Waals surface area contributed by atoms with E-state index in [1.807, 2.05) is 20.2 Å². The Kier molecular flexibility index (Phi) is 5.48. The van der Waals surface area contributed by atoms with E-state index >= 15 is 4.39 Å². The van der Waals surface area contributed by atoms with Gasteiger partial charge in [-0.05, 0) is 37.6 Å². The van der Waals surface area contributed by atoms with Crippen LogP contribution in [0.5, 0.6) is 0 Å². The minimum atomic E-state index is -0.605. The molecule has 5 heterocycles. The van der Waals surface area contributed by atoms with Gasteiger partial charge in [0, 0.05) is 42.2 Å². The zero-order chi connectivity index (χ0) is 25.1. The maximum Gasteiger partial charge on any atom is 0.225 e. The van der Waals surface area contributed by atoms with Crippen LogP contribution in [-0.2, 0) is 18.0 Å². The molecule has 0 radical (unpaired) electrons. The van der Waals surface area contributed by atoms with Gasteiger partial charge >= 0.3 is 0 Å². The van der Waals surface area contributed by atoms with Crippen molar-refractivity contribution in [2.75, 3.05) is 44.4 Å². The number of nitrogens with two attached hydrogens (primary N) is 1. The molecule has 0 amide bonds. The van der Waals surface area contributed by atoms with Crippen LogP contribution in [0.4, 0.5) is 19.7 Å². The molecule has 1 atom stereocenters. The first-order chi connectivity index (χ1) is 17.4. The average molecular weight is 508 g/mol. The summed E-state index contributed by atoms with van der Waals surface area (Å²) in [4.78, 5) is 17.7. The summed E-state index contributed by atoms with van der Waals surface area (Å²) < 4.78 is 36.9. The number of aromatic nitrogens is 3. The van der Waals surface area contributed by atoms with Crippen molar-refractivity contribution < 1.29 is 13.5 Å². The standard InChI is InChI=1S/C25H23F2N7OS/c1-33(2)8-12-3-4-34(9-12)25-31-6-14-15-10-35-11-16(15)18(20(27)21(14)32-25)22-19-13(5-28)24(29)36-23(19)17(26)7-30-22/h6-7,12H,3-4,8-11,29H2,1-2H3. The highest BCUT2D eigenvalue weighted by Gasteiger charge is 2.31. The molecule has 1 unspecified atom stereocenters. The summed E-state index contributed by atoms with van der Waals surface area (Å²) in [5.74, 6) is -0.233. The Morgan fingerprint density at radius 3 is 2.83 bits per heavy atom. The van der Waals surface area contributed by atoms with Crippen LogP contribution in [0, 0.1) is 28.9 Å². The topological polar surface area (TPSA) is 104 Å². The first kappa shape index (κ1) is 23.0. The third kappa shape index (κ3) is 3.48. The molecule has 1 saturated heterocycles. The van der Waals surface area contributed by atoms with Gasteiger partial charge in [0.15, 0.2) is 11.6 Å². The molecule has 1 aromatic carbocycles. The third-order valence-electron chi connectivity index (χ3n) is 6.92. The molecule has 0 saturated carbocycles. The van der Waals surface area contributed by atoms with Gasteiger partial charge in [-0.25, -0.2) is 18.7 Å². The van der Waals surface area contributed by atoms with Crippen LogP contribution in [0.15, 0.2) is 12.4 Å². The summed E-state index contributed by atoms with van der Waals surface area (Å²) in [7, 11) is 4.10. The van der Waals surface area contributed by atoms with Crippen LogP contribution in [0.3, 0.4) is 0 Å². The number of hydrogen-bond acceptors (Lipinski definition) is 9. The molecular formula is C25H23F2N7OS. The van der Waals surface area contributed by atoms with E-state index in [1.165, 1.54) is 0 Å². The number of rotatable bonds is 4. The average Bonchev–Trinajstić information content (AvgIpc) is 3.59. The van der Waals surface area contributed by atoms with Crippen molar-refractivity contribution >= 4 is 43.3 Å². The highest BCUT2D eigenvalue weighted by atomic mass is 32.1. The Morgan fingerprint density at radius 1 is 1.25 bits per heavy atom. The van der Waals surface area contributed by atoms with Gasteiger partial charge in [-0.1, -0.05) is 0 Å². The zero-order valence-corrected chi connectivity index (χ0v) is 20.6. The molecule has 4 aromatic rings. The van der Waals surface area contributed by atoms with Crippen LogP contribution < -0.4 is 10.6 Å². The van der Waals surface area contributed by atoms with E-state index in [2.05, 4.69) is 24.8 Å². The van der Waals surface area contributed by atoms with E-state index in [1.54, 1.807) is 6.20 Å². The Hall–Kier alpha value is -3.46. The molecule has 0 bridgehead atoms. The molecule has 1 fully saturated rings. The Bertz CT molecular complexity index is 1580. The number of nitriles is 1. The molecule has 3 aromatic heterocycles. The maximum atomic E-state index is 16.4. The smallest absolute Gasteiger partial charge is 0.225 e. The second-order valence-electron chi connectivity index (χ2n) is 9.55. The van der Waals surface area contributed by atoms with Crippen molar-refractivity contribution in [1.29, 1.82) is 5.26 Å². The minimum absolute atomic E-state index is 0.0940. The first-order valence-corrected chi connectivity index (χ1v) is 12.4. The quantitative estimate of drug-likeness (QED) is 0.441. The van der Waals surface area contributed by atoms with Gasteiger partial charge in [-0.2, -0.15) is 5.26 Å². The fraction of sp³-hybridized carbons (Fsp3) is 0.360. The summed E-state index contributed by atoms with van der Waals surface area (Å²) in [6.07, 6.45) is 3.72. The predicted octanol–water partition coefficient (Wildman–Crippen LogP) is 4.06. The lowest BCUT2D eigenvalue weighted by molar-refractivity contribution is 0.135. The number of ether oxygens (including phenoxy) is 1. The molecule has 6 rings (SSSR count). The number of thiophene rings is 1. The second kappa shape index (κ2) is 8.58. The molecule has 2 N–H and O–H groups in total. The molecule has 2 aliphatic rings. The van der Waals surface area contributed by atoms with Crippen molar-refractivity contribution in [2.45, 2.75) is 19.6 Å². The molecule has 11 heteroatoms. The van der Waals surface area contributed by atoms with E-state index in [0.717, 1.165) is 49.2 Å². The van der Waals surface area contributed by atoms with Crippen molar-refractivity contribution in [3.8, 4) is 17.3 Å². The summed E-state index contributed by atoms with van der Waals surface area (Å²) in [6, 6.07) is 2.03. The maximum absolute atomic E-state index is 16.4. The first-order valence-electron chi connectivity index (χ1n) is 11.6. The Balaban J connectivity index is 1.56. The summed E-state index contributed by atoms with van der Waals surface area (Å²) in [5, 5.41) is 10.7. The second-order valence-corrected chi connectivity index (χ2v) is 10.6. The number of anilines is 2. The van der Waals surface area contributed by atoms with Crippen LogP contribution in [0.25, 0.3) is 32.2 Å². The number of pyridine rings is 1. The van der Waals surface area contributed by atoms with Crippen LogP contribution >= 0.6 is 11.3 Å². The number of fused-ring (bicyclic) bond motifs is 4. The van der Waals surface area contributed by atoms with E-state index in [4.69, 9.17) is 10.5 Å². The van der Waals surface area contributed by atoms with Crippen molar-refractivity contribution in [2.24, 2.45) is 5.92 Å². The molecule has 0 aliphatic carbocycles. The van der Waals surface area contributed by atoms with Crippen molar-refractivity contribution in [3.63, 3.8) is 0 Å². The summed E-state index contributed by atoms with van der Waals surface area (Å²) in [6.45, 7) is 3.00. The van der Waals surface area contributed by atoms with Gasteiger partial charge in [0.25, 0.3) is 0 Å². The van der Waals surface area contributed by atoms with Gasteiger partial charge in [0.1, 0.15) is 16.6 Å². The third-order valence-corrected chi connectivity index (χ3v) is 7.95. The van der Waals surface area contributed by atoms with Gasteiger partial charge in [-0.15, -0.1) is 11.3 Å². The molecule has 0 spiro atoms. The summed E-state index contributed by atoms with van der Waals surface area (Å²) in [5.41, 5.74) is 7.99. The molecule has 36 heavy (non-hydrogen) atoms. The van der Waals surface area contributed by atoms with E-state index in [-0.39, 0.29) is 50.6 Å². The number of nitrogen functional groups attached to an aromatic ring is 1. The van der Waals surface area contributed by atoms with Gasteiger partial charge in [-0.3, -0.25) is 4.98 Å². The highest BCUT2D eigenvalue weighted by molar-refractivity contribution is 7.23. The molecular weight excluding hydrogens is 484 g/mol. The lowest BCUT2D eigenvalue weighted by Crippen LogP contribution is -2.26. The molecule has 184 valence electrons. The molecule has 2 aliphatic heterocycles. The van der Waals surface area contributed by atoms with Gasteiger partial charge in [0.05, 0.1) is 35.4 Å². The minimum Gasteiger partial charge on any atom is -0.389 e. The number of halogens is 2. The van der Waals surface area contributed by atoms with Crippen LogP contribution in [0.1, 0.15) is 23.1 Å². The van der Waals surface area contributed by atoms with Crippen LogP contribution in [-0.4, -0.2) is 53.6 Å². The number of hydrogen-bond donors (Lipinski definition) is 1. The van der Waals surface area contributed by atoms with E-state index < -0.39 is 11.6 Å². The fourth-order valence-electron chi connectivity index (χ4n) is 5.37. The lowest BCUT2D eigenvalue weighted by atomic mass is 9.94. The van der Waals surface area contributed by atoms with Crippen LogP contribution in [0.2, 0.25) is 0 Å². The predicted molar refractivity (Wildman–Crippen MR) is 135 cm³/mol. The van der Waals surface area contributed by atoms with E-state index in [9.17, 15) is 9.65 Å². The largest absolute Gasteiger partial charge is 0.389 e. The molecule has 8 nitrogen and oxygen atoms in total. The lowest BCUT2D eigenvalue weighted by Gasteiger charge is -2.19. The van der Waals surface area contributed by atoms with Gasteiger partial charge in [0.2, 0.25) is 5.95 Å².